The SMILES string of the molecule is CCNC(=O)[C@@H]1C[C@@H](NC(=O)C2CCCCC2)CN1Cc1cccnc1N. The predicted molar refractivity (Wildman–Crippen MR) is 105 cm³/mol. The van der Waals surface area contributed by atoms with Crippen molar-refractivity contribution in [1.29, 1.82) is 0 Å². The van der Waals surface area contributed by atoms with Crippen LogP contribution in [0.3, 0.4) is 0 Å². The molecule has 1 aliphatic heterocycles. The van der Waals surface area contributed by atoms with Crippen molar-refractivity contribution in [1.82, 2.24) is 20.5 Å². The monoisotopic (exact) mass is 373 g/mol. The van der Waals surface area contributed by atoms with E-state index in [0.29, 0.717) is 31.9 Å². The number of pyridine rings is 1. The van der Waals surface area contributed by atoms with Crippen molar-refractivity contribution >= 4 is 17.6 Å². The van der Waals surface area contributed by atoms with Crippen LogP contribution in [0.4, 0.5) is 5.82 Å². The van der Waals surface area contributed by atoms with Crippen molar-refractivity contribution in [2.45, 2.75) is 64.1 Å². The maximum Gasteiger partial charge on any atom is 0.237 e. The quantitative estimate of drug-likeness (QED) is 0.701. The Balaban J connectivity index is 1.66. The molecule has 0 aromatic carbocycles. The summed E-state index contributed by atoms with van der Waals surface area (Å²) in [6.07, 6.45) is 7.75. The molecule has 2 amide bonds. The zero-order valence-corrected chi connectivity index (χ0v) is 16.1. The van der Waals surface area contributed by atoms with Crippen LogP contribution in [0.5, 0.6) is 0 Å². The lowest BCUT2D eigenvalue weighted by molar-refractivity contribution is -0.127. The Bertz CT molecular complexity index is 660. The summed E-state index contributed by atoms with van der Waals surface area (Å²) in [5.41, 5.74) is 6.89. The van der Waals surface area contributed by atoms with E-state index in [1.165, 1.54) is 6.42 Å². The Kier molecular flexibility index (Phi) is 6.66. The Morgan fingerprint density at radius 1 is 1.26 bits per heavy atom. The summed E-state index contributed by atoms with van der Waals surface area (Å²) in [5, 5.41) is 6.11. The van der Waals surface area contributed by atoms with Gasteiger partial charge in [-0.25, -0.2) is 4.98 Å². The number of rotatable bonds is 6. The van der Waals surface area contributed by atoms with Crippen molar-refractivity contribution in [2.24, 2.45) is 5.92 Å². The number of anilines is 1. The first-order chi connectivity index (χ1) is 13.1. The van der Waals surface area contributed by atoms with E-state index >= 15 is 0 Å². The number of likely N-dealkylation sites (tertiary alicyclic amines) is 1. The van der Waals surface area contributed by atoms with Gasteiger partial charge in [0, 0.05) is 43.4 Å². The molecular weight excluding hydrogens is 342 g/mol. The highest BCUT2D eigenvalue weighted by atomic mass is 16.2. The average Bonchev–Trinajstić information content (AvgIpc) is 3.07. The number of hydrogen-bond donors (Lipinski definition) is 3. The molecule has 2 atom stereocenters. The highest BCUT2D eigenvalue weighted by Gasteiger charge is 2.38. The minimum atomic E-state index is -0.263. The van der Waals surface area contributed by atoms with Gasteiger partial charge in [-0.3, -0.25) is 14.5 Å². The molecule has 7 nitrogen and oxygen atoms in total. The normalized spacial score (nSPS) is 23.9. The number of hydrogen-bond acceptors (Lipinski definition) is 5. The van der Waals surface area contributed by atoms with Crippen molar-refractivity contribution in [3.8, 4) is 0 Å². The van der Waals surface area contributed by atoms with Crippen LogP contribution >= 0.6 is 0 Å². The number of nitrogen functional groups attached to an aromatic ring is 1. The fraction of sp³-hybridized carbons (Fsp3) is 0.650. The molecule has 1 aromatic rings. The van der Waals surface area contributed by atoms with E-state index in [1.54, 1.807) is 6.20 Å². The molecule has 1 saturated carbocycles. The van der Waals surface area contributed by atoms with Gasteiger partial charge in [0.1, 0.15) is 5.82 Å². The van der Waals surface area contributed by atoms with E-state index in [4.69, 9.17) is 5.73 Å². The van der Waals surface area contributed by atoms with Crippen molar-refractivity contribution in [2.75, 3.05) is 18.8 Å². The van der Waals surface area contributed by atoms with Crippen molar-refractivity contribution in [3.63, 3.8) is 0 Å². The van der Waals surface area contributed by atoms with Gasteiger partial charge in [0.25, 0.3) is 0 Å². The summed E-state index contributed by atoms with van der Waals surface area (Å²) in [5.74, 6) is 0.776. The van der Waals surface area contributed by atoms with E-state index in [-0.39, 0.29) is 29.8 Å². The molecule has 0 unspecified atom stereocenters. The molecule has 2 aliphatic rings. The summed E-state index contributed by atoms with van der Waals surface area (Å²) in [4.78, 5) is 31.4. The molecule has 0 radical (unpaired) electrons. The molecule has 2 fully saturated rings. The van der Waals surface area contributed by atoms with Gasteiger partial charge in [-0.05, 0) is 32.3 Å². The van der Waals surface area contributed by atoms with Gasteiger partial charge in [0.15, 0.2) is 0 Å². The number of nitrogens with two attached hydrogens (primary N) is 1. The number of amides is 2. The molecule has 0 bridgehead atoms. The third-order valence-corrected chi connectivity index (χ3v) is 5.68. The highest BCUT2D eigenvalue weighted by Crippen LogP contribution is 2.26. The van der Waals surface area contributed by atoms with Crippen LogP contribution in [-0.2, 0) is 16.1 Å². The zero-order chi connectivity index (χ0) is 19.2. The Hall–Kier alpha value is -2.15. The summed E-state index contributed by atoms with van der Waals surface area (Å²) in [6, 6.07) is 3.52. The van der Waals surface area contributed by atoms with Crippen LogP contribution in [0.25, 0.3) is 0 Å². The van der Waals surface area contributed by atoms with Crippen LogP contribution in [-0.4, -0.2) is 46.9 Å². The summed E-state index contributed by atoms with van der Waals surface area (Å²) in [6.45, 7) is 3.71. The summed E-state index contributed by atoms with van der Waals surface area (Å²) < 4.78 is 0. The Morgan fingerprint density at radius 3 is 2.74 bits per heavy atom. The molecular formula is C20H31N5O2. The van der Waals surface area contributed by atoms with Gasteiger partial charge in [0.2, 0.25) is 11.8 Å². The number of carbonyl (C=O) groups excluding carboxylic acids is 2. The lowest BCUT2D eigenvalue weighted by Gasteiger charge is -2.24. The van der Waals surface area contributed by atoms with E-state index in [2.05, 4.69) is 20.5 Å². The fourth-order valence-electron chi connectivity index (χ4n) is 4.23. The van der Waals surface area contributed by atoms with Gasteiger partial charge < -0.3 is 16.4 Å². The van der Waals surface area contributed by atoms with Crippen molar-refractivity contribution in [3.05, 3.63) is 23.9 Å². The first-order valence-corrected chi connectivity index (χ1v) is 10.1. The van der Waals surface area contributed by atoms with E-state index in [1.807, 2.05) is 19.1 Å². The first kappa shape index (κ1) is 19.6. The first-order valence-electron chi connectivity index (χ1n) is 10.1. The van der Waals surface area contributed by atoms with Crippen LogP contribution < -0.4 is 16.4 Å². The zero-order valence-electron chi connectivity index (χ0n) is 16.1. The molecule has 0 spiro atoms. The van der Waals surface area contributed by atoms with Crippen LogP contribution in [0.1, 0.15) is 51.0 Å². The molecule has 1 aromatic heterocycles. The average molecular weight is 374 g/mol. The maximum absolute atomic E-state index is 12.6. The third kappa shape index (κ3) is 4.97. The van der Waals surface area contributed by atoms with Gasteiger partial charge in [0.05, 0.1) is 6.04 Å². The molecule has 27 heavy (non-hydrogen) atoms. The second-order valence-corrected chi connectivity index (χ2v) is 7.66. The maximum atomic E-state index is 12.6. The van der Waals surface area contributed by atoms with E-state index in [9.17, 15) is 9.59 Å². The molecule has 1 saturated heterocycles. The van der Waals surface area contributed by atoms with Gasteiger partial charge >= 0.3 is 0 Å². The van der Waals surface area contributed by atoms with Crippen molar-refractivity contribution < 1.29 is 9.59 Å². The molecule has 4 N–H and O–H groups in total. The summed E-state index contributed by atoms with van der Waals surface area (Å²) in [7, 11) is 0. The Labute approximate surface area is 161 Å². The van der Waals surface area contributed by atoms with Crippen LogP contribution in [0.2, 0.25) is 0 Å². The van der Waals surface area contributed by atoms with Gasteiger partial charge in [-0.1, -0.05) is 25.3 Å². The highest BCUT2D eigenvalue weighted by molar-refractivity contribution is 5.83. The topological polar surface area (TPSA) is 100 Å². The minimum absolute atomic E-state index is 0.00868. The second kappa shape index (κ2) is 9.17. The smallest absolute Gasteiger partial charge is 0.237 e. The Morgan fingerprint density at radius 2 is 2.04 bits per heavy atom. The van der Waals surface area contributed by atoms with E-state index < -0.39 is 0 Å². The predicted octanol–water partition coefficient (Wildman–Crippen LogP) is 1.44. The van der Waals surface area contributed by atoms with E-state index in [0.717, 1.165) is 31.2 Å². The largest absolute Gasteiger partial charge is 0.383 e. The molecule has 7 heteroatoms. The van der Waals surface area contributed by atoms with Crippen LogP contribution in [0.15, 0.2) is 18.3 Å². The lowest BCUT2D eigenvalue weighted by Crippen LogP contribution is -2.42. The molecule has 3 rings (SSSR count). The number of nitrogens with zero attached hydrogens (tertiary/aromatic N) is 2. The lowest BCUT2D eigenvalue weighted by atomic mass is 9.88. The fourth-order valence-corrected chi connectivity index (χ4v) is 4.23. The standard InChI is InChI=1S/C20H31N5O2/c1-2-22-20(27)17-11-16(24-19(26)14-7-4-3-5-8-14)13-25(17)12-15-9-6-10-23-18(15)21/h6,9-10,14,16-17H,2-5,7-8,11-13H2,1H3,(H2,21,23)(H,22,27)(H,24,26)/t16-,17+/m1/s1. The summed E-state index contributed by atoms with van der Waals surface area (Å²) >= 11 is 0. The number of nitrogens with one attached hydrogen (secondary N) is 2. The molecule has 1 aliphatic carbocycles. The molecule has 2 heterocycles. The number of likely N-dealkylation sites (N-methyl/N-ethyl adjacent to an activating group) is 1. The third-order valence-electron chi connectivity index (χ3n) is 5.68. The number of aromatic nitrogens is 1. The minimum Gasteiger partial charge on any atom is -0.383 e. The van der Waals surface area contributed by atoms with Gasteiger partial charge in [-0.2, -0.15) is 0 Å². The van der Waals surface area contributed by atoms with Crippen LogP contribution in [0, 0.1) is 5.92 Å². The molecule has 148 valence electrons. The second-order valence-electron chi connectivity index (χ2n) is 7.66. The number of carbonyl (C=O) groups is 2. The van der Waals surface area contributed by atoms with Gasteiger partial charge in [-0.15, -0.1) is 0 Å².